The van der Waals surface area contributed by atoms with Gasteiger partial charge in [-0.25, -0.2) is 4.68 Å². The van der Waals surface area contributed by atoms with Crippen LogP contribution in [0.3, 0.4) is 0 Å². The molecule has 0 unspecified atom stereocenters. The van der Waals surface area contributed by atoms with E-state index in [0.29, 0.717) is 6.04 Å². The number of benzene rings is 2. The zero-order valence-electron chi connectivity index (χ0n) is 17.4. The first-order valence-electron chi connectivity index (χ1n) is 10.1. The van der Waals surface area contributed by atoms with Crippen molar-refractivity contribution in [3.8, 4) is 16.9 Å². The molecule has 0 amide bonds. The van der Waals surface area contributed by atoms with E-state index in [1.807, 2.05) is 4.68 Å². The number of nitrogens with zero attached hydrogens (tertiary/aromatic N) is 4. The summed E-state index contributed by atoms with van der Waals surface area (Å²) in [5.74, 6) is 0. The molecule has 1 aromatic heterocycles. The number of rotatable bonds is 4. The molecule has 3 aromatic rings. The Hall–Kier alpha value is -2.43. The molecule has 1 saturated heterocycles. The van der Waals surface area contributed by atoms with Crippen molar-refractivity contribution in [1.29, 1.82) is 0 Å². The molecule has 146 valence electrons. The molecule has 2 aromatic carbocycles. The number of hydrogen-bond donors (Lipinski definition) is 0. The third-order valence-corrected chi connectivity index (χ3v) is 5.82. The molecule has 1 atom stereocenters. The molecule has 0 bridgehead atoms. The number of likely N-dealkylation sites (N-methyl/N-ethyl adjacent to an activating group) is 1. The van der Waals surface area contributed by atoms with Crippen molar-refractivity contribution in [3.63, 3.8) is 0 Å². The average Bonchev–Trinajstić information content (AvgIpc) is 3.09. The minimum atomic E-state index is 0.586. The Bertz CT molecular complexity index is 941. The average molecular weight is 375 g/mol. The molecule has 1 aliphatic rings. The fourth-order valence-corrected chi connectivity index (χ4v) is 3.90. The smallest absolute Gasteiger partial charge is 0.0972 e. The van der Waals surface area contributed by atoms with E-state index < -0.39 is 0 Å². The van der Waals surface area contributed by atoms with Gasteiger partial charge in [0.2, 0.25) is 0 Å². The predicted octanol–water partition coefficient (Wildman–Crippen LogP) is 4.29. The minimum absolute atomic E-state index is 0.586. The maximum Gasteiger partial charge on any atom is 0.0972 e. The van der Waals surface area contributed by atoms with Crippen molar-refractivity contribution >= 4 is 0 Å². The molecule has 0 N–H and O–H groups in total. The summed E-state index contributed by atoms with van der Waals surface area (Å²) in [5.41, 5.74) is 7.22. The van der Waals surface area contributed by atoms with Crippen molar-refractivity contribution < 1.29 is 0 Å². The van der Waals surface area contributed by atoms with Crippen LogP contribution in [0, 0.1) is 13.8 Å². The fourth-order valence-electron chi connectivity index (χ4n) is 3.90. The van der Waals surface area contributed by atoms with E-state index in [1.165, 1.54) is 22.3 Å². The van der Waals surface area contributed by atoms with Crippen LogP contribution in [-0.2, 0) is 6.54 Å². The van der Waals surface area contributed by atoms with Gasteiger partial charge in [0.05, 0.1) is 11.4 Å². The molecule has 1 fully saturated rings. The van der Waals surface area contributed by atoms with Gasteiger partial charge in [-0.3, -0.25) is 4.90 Å². The highest BCUT2D eigenvalue weighted by atomic mass is 15.3. The molecule has 4 rings (SSSR count). The van der Waals surface area contributed by atoms with Crippen LogP contribution < -0.4 is 0 Å². The third-order valence-electron chi connectivity index (χ3n) is 5.82. The second kappa shape index (κ2) is 7.90. The van der Waals surface area contributed by atoms with Gasteiger partial charge in [0.25, 0.3) is 0 Å². The van der Waals surface area contributed by atoms with E-state index in [-0.39, 0.29) is 0 Å². The summed E-state index contributed by atoms with van der Waals surface area (Å²) in [6.45, 7) is 10.8. The van der Waals surface area contributed by atoms with E-state index in [0.717, 1.165) is 37.6 Å². The molecule has 0 saturated carbocycles. The second-order valence-electron chi connectivity index (χ2n) is 8.22. The van der Waals surface area contributed by atoms with Crippen molar-refractivity contribution in [2.24, 2.45) is 0 Å². The highest BCUT2D eigenvalue weighted by molar-refractivity contribution is 5.64. The quantitative estimate of drug-likeness (QED) is 0.681. The van der Waals surface area contributed by atoms with Gasteiger partial charge in [-0.1, -0.05) is 41.5 Å². The highest BCUT2D eigenvalue weighted by Gasteiger charge is 2.23. The van der Waals surface area contributed by atoms with Crippen LogP contribution in [-0.4, -0.2) is 52.3 Å². The Morgan fingerprint density at radius 2 is 1.79 bits per heavy atom. The summed E-state index contributed by atoms with van der Waals surface area (Å²) in [6.07, 6.45) is 2.21. The topological polar surface area (TPSA) is 24.3 Å². The van der Waals surface area contributed by atoms with Gasteiger partial charge in [-0.05, 0) is 46.0 Å². The molecule has 28 heavy (non-hydrogen) atoms. The van der Waals surface area contributed by atoms with E-state index in [4.69, 9.17) is 5.10 Å². The van der Waals surface area contributed by atoms with E-state index in [1.54, 1.807) is 0 Å². The standard InChI is InChI=1S/C24H30N4/c1-18-8-10-23(11-9-18)28-17-22(16-27-13-12-26(4)20(3)15-27)24(25-28)21-7-5-6-19(2)14-21/h5-11,14,17,20H,12-13,15-16H2,1-4H3/t20-/m0/s1. The second-order valence-corrected chi connectivity index (χ2v) is 8.22. The number of piperazine rings is 1. The normalized spacial score (nSPS) is 18.5. The van der Waals surface area contributed by atoms with Crippen LogP contribution in [0.25, 0.3) is 16.9 Å². The summed E-state index contributed by atoms with van der Waals surface area (Å²) < 4.78 is 2.03. The maximum atomic E-state index is 5.00. The number of aromatic nitrogens is 2. The summed E-state index contributed by atoms with van der Waals surface area (Å²) in [4.78, 5) is 4.99. The molecular weight excluding hydrogens is 344 g/mol. The first-order valence-corrected chi connectivity index (χ1v) is 10.1. The van der Waals surface area contributed by atoms with Crippen LogP contribution in [0.2, 0.25) is 0 Å². The molecule has 1 aliphatic heterocycles. The zero-order chi connectivity index (χ0) is 19.7. The van der Waals surface area contributed by atoms with Gasteiger partial charge < -0.3 is 4.90 Å². The molecule has 0 aliphatic carbocycles. The molecule has 4 nitrogen and oxygen atoms in total. The van der Waals surface area contributed by atoms with Crippen LogP contribution in [0.1, 0.15) is 23.6 Å². The summed E-state index contributed by atoms with van der Waals surface area (Å²) in [6, 6.07) is 17.8. The minimum Gasteiger partial charge on any atom is -0.301 e. The molecular formula is C24H30N4. The van der Waals surface area contributed by atoms with Gasteiger partial charge in [0, 0.05) is 49.5 Å². The Labute approximate surface area is 168 Å². The molecule has 0 radical (unpaired) electrons. The van der Waals surface area contributed by atoms with E-state index in [2.05, 4.69) is 92.3 Å². The van der Waals surface area contributed by atoms with Gasteiger partial charge in [0.15, 0.2) is 0 Å². The van der Waals surface area contributed by atoms with Crippen LogP contribution >= 0.6 is 0 Å². The maximum absolute atomic E-state index is 5.00. The van der Waals surface area contributed by atoms with Gasteiger partial charge in [-0.15, -0.1) is 0 Å². The van der Waals surface area contributed by atoms with Crippen molar-refractivity contribution in [3.05, 3.63) is 71.4 Å². The van der Waals surface area contributed by atoms with Crippen molar-refractivity contribution in [2.75, 3.05) is 26.7 Å². The first-order chi connectivity index (χ1) is 13.5. The van der Waals surface area contributed by atoms with Crippen LogP contribution in [0.15, 0.2) is 54.7 Å². The summed E-state index contributed by atoms with van der Waals surface area (Å²) in [7, 11) is 2.22. The number of aryl methyl sites for hydroxylation is 2. The SMILES string of the molecule is Cc1ccc(-n2cc(CN3CCN(C)[C@@H](C)C3)c(-c3cccc(C)c3)n2)cc1. The van der Waals surface area contributed by atoms with E-state index in [9.17, 15) is 0 Å². The van der Waals surface area contributed by atoms with Gasteiger partial charge >= 0.3 is 0 Å². The van der Waals surface area contributed by atoms with Crippen LogP contribution in [0.4, 0.5) is 0 Å². The molecule has 4 heteroatoms. The fraction of sp³-hybridized carbons (Fsp3) is 0.375. The third kappa shape index (κ3) is 4.03. The largest absolute Gasteiger partial charge is 0.301 e. The monoisotopic (exact) mass is 374 g/mol. The van der Waals surface area contributed by atoms with Crippen molar-refractivity contribution in [1.82, 2.24) is 19.6 Å². The Morgan fingerprint density at radius 3 is 2.50 bits per heavy atom. The Morgan fingerprint density at radius 1 is 1.00 bits per heavy atom. The lowest BCUT2D eigenvalue weighted by atomic mass is 10.0. The zero-order valence-corrected chi connectivity index (χ0v) is 17.4. The van der Waals surface area contributed by atoms with E-state index >= 15 is 0 Å². The lowest BCUT2D eigenvalue weighted by Gasteiger charge is -2.37. The summed E-state index contributed by atoms with van der Waals surface area (Å²) in [5, 5.41) is 5.00. The Kier molecular flexibility index (Phi) is 5.33. The molecule has 2 heterocycles. The highest BCUT2D eigenvalue weighted by Crippen LogP contribution is 2.26. The Balaban J connectivity index is 1.69. The first kappa shape index (κ1) is 18.9. The van der Waals surface area contributed by atoms with Crippen molar-refractivity contribution in [2.45, 2.75) is 33.4 Å². The lowest BCUT2D eigenvalue weighted by Crippen LogP contribution is -2.49. The lowest BCUT2D eigenvalue weighted by molar-refractivity contribution is 0.100. The van der Waals surface area contributed by atoms with Gasteiger partial charge in [-0.2, -0.15) is 5.10 Å². The predicted molar refractivity (Wildman–Crippen MR) is 116 cm³/mol. The summed E-state index contributed by atoms with van der Waals surface area (Å²) >= 11 is 0. The van der Waals surface area contributed by atoms with Gasteiger partial charge in [0.1, 0.15) is 0 Å². The number of hydrogen-bond acceptors (Lipinski definition) is 3. The molecule has 0 spiro atoms. The van der Waals surface area contributed by atoms with Crippen LogP contribution in [0.5, 0.6) is 0 Å².